The van der Waals surface area contributed by atoms with Crippen molar-refractivity contribution in [3.05, 3.63) is 101 Å². The van der Waals surface area contributed by atoms with E-state index in [2.05, 4.69) is 29.6 Å². The molecule has 0 aliphatic heterocycles. The smallest absolute Gasteiger partial charge is 0.308 e. The van der Waals surface area contributed by atoms with Crippen LogP contribution >= 0.6 is 0 Å². The number of esters is 1. The topological polar surface area (TPSA) is 97.3 Å². The van der Waals surface area contributed by atoms with Gasteiger partial charge in [-0.15, -0.1) is 0 Å². The molecular weight excluding hydrogens is 458 g/mol. The van der Waals surface area contributed by atoms with Gasteiger partial charge >= 0.3 is 5.97 Å². The largest absolute Gasteiger partial charge is 0.426 e. The molecule has 3 N–H and O–H groups in total. The predicted octanol–water partition coefficient (Wildman–Crippen LogP) is 3.70. The highest BCUT2D eigenvalue weighted by Gasteiger charge is 2.12. The number of nitrogens with one attached hydrogen (secondary N) is 1. The minimum absolute atomic E-state index is 0.278. The highest BCUT2D eigenvalue weighted by atomic mass is 16.5. The van der Waals surface area contributed by atoms with Gasteiger partial charge in [-0.3, -0.25) is 4.79 Å². The van der Waals surface area contributed by atoms with Crippen LogP contribution in [0.3, 0.4) is 0 Å². The van der Waals surface area contributed by atoms with Crippen LogP contribution in [0.25, 0.3) is 0 Å². The number of carbonyl (C=O) groups is 1. The number of hydrogen-bond donors (Lipinski definition) is 3. The molecule has 3 aromatic rings. The zero-order chi connectivity index (χ0) is 25.6. The molecule has 0 aliphatic rings. The standard InChI is InChI=1S/C29H35NO6/c1-22(32)36-29-12-11-26(17-27(29)19-31)28(33)18-30-14-13-23-7-9-25(10-8-23)21-35-16-15-34-20-24-5-3-2-4-6-24/h2-12,17,28,30-31,33H,13-16,18-21H2,1H3. The maximum atomic E-state index is 11.2. The lowest BCUT2D eigenvalue weighted by Crippen LogP contribution is -2.24. The molecule has 0 amide bonds. The second kappa shape index (κ2) is 15.1. The molecule has 36 heavy (non-hydrogen) atoms. The van der Waals surface area contributed by atoms with Gasteiger partial charge in [-0.1, -0.05) is 60.7 Å². The van der Waals surface area contributed by atoms with E-state index in [0.717, 1.165) is 17.5 Å². The lowest BCUT2D eigenvalue weighted by atomic mass is 10.0. The molecule has 0 aliphatic carbocycles. The van der Waals surface area contributed by atoms with E-state index in [4.69, 9.17) is 14.2 Å². The van der Waals surface area contributed by atoms with Gasteiger partial charge in [0.05, 0.1) is 39.1 Å². The first-order valence-electron chi connectivity index (χ1n) is 12.1. The van der Waals surface area contributed by atoms with E-state index in [1.54, 1.807) is 18.2 Å². The minimum atomic E-state index is -0.738. The van der Waals surface area contributed by atoms with Crippen LogP contribution in [0, 0.1) is 0 Å². The SMILES string of the molecule is CC(=O)Oc1ccc(C(O)CNCCc2ccc(COCCOCc3ccccc3)cc2)cc1CO. The minimum Gasteiger partial charge on any atom is -0.426 e. The maximum absolute atomic E-state index is 11.2. The highest BCUT2D eigenvalue weighted by molar-refractivity contribution is 5.69. The molecule has 1 atom stereocenters. The predicted molar refractivity (Wildman–Crippen MR) is 137 cm³/mol. The Morgan fingerprint density at radius 2 is 1.53 bits per heavy atom. The van der Waals surface area contributed by atoms with E-state index < -0.39 is 12.1 Å². The van der Waals surface area contributed by atoms with E-state index in [1.165, 1.54) is 12.5 Å². The summed E-state index contributed by atoms with van der Waals surface area (Å²) in [6, 6.07) is 23.3. The Morgan fingerprint density at radius 3 is 2.17 bits per heavy atom. The van der Waals surface area contributed by atoms with Crippen LogP contribution in [0.15, 0.2) is 72.8 Å². The number of aliphatic hydroxyl groups is 2. The molecule has 0 spiro atoms. The molecule has 0 aromatic heterocycles. The first-order chi connectivity index (χ1) is 17.5. The summed E-state index contributed by atoms with van der Waals surface area (Å²) in [5, 5.41) is 23.2. The van der Waals surface area contributed by atoms with Crippen LogP contribution in [-0.2, 0) is 40.5 Å². The fourth-order valence-electron chi connectivity index (χ4n) is 3.65. The summed E-state index contributed by atoms with van der Waals surface area (Å²) >= 11 is 0. The summed E-state index contributed by atoms with van der Waals surface area (Å²) in [6.07, 6.45) is 0.0898. The summed E-state index contributed by atoms with van der Waals surface area (Å²) in [6.45, 7) is 4.36. The van der Waals surface area contributed by atoms with Gasteiger partial charge in [-0.25, -0.2) is 0 Å². The van der Waals surface area contributed by atoms with Crippen LogP contribution in [0.4, 0.5) is 0 Å². The van der Waals surface area contributed by atoms with Gasteiger partial charge in [0, 0.05) is 19.0 Å². The Balaban J connectivity index is 1.30. The number of benzene rings is 3. The molecule has 0 radical (unpaired) electrons. The fraction of sp³-hybridized carbons (Fsp3) is 0.345. The molecule has 0 saturated carbocycles. The van der Waals surface area contributed by atoms with Gasteiger partial charge in [0.2, 0.25) is 0 Å². The van der Waals surface area contributed by atoms with E-state index in [0.29, 0.717) is 56.4 Å². The van der Waals surface area contributed by atoms with E-state index >= 15 is 0 Å². The molecule has 0 heterocycles. The Morgan fingerprint density at radius 1 is 0.889 bits per heavy atom. The van der Waals surface area contributed by atoms with Crippen LogP contribution < -0.4 is 10.1 Å². The monoisotopic (exact) mass is 493 g/mol. The Labute approximate surface area is 212 Å². The van der Waals surface area contributed by atoms with Gasteiger partial charge < -0.3 is 29.7 Å². The quantitative estimate of drug-likeness (QED) is 0.169. The summed E-state index contributed by atoms with van der Waals surface area (Å²) < 4.78 is 16.4. The molecule has 0 saturated heterocycles. The van der Waals surface area contributed by atoms with Crippen LogP contribution in [0.5, 0.6) is 5.75 Å². The van der Waals surface area contributed by atoms with Crippen molar-refractivity contribution in [3.8, 4) is 5.75 Å². The lowest BCUT2D eigenvalue weighted by molar-refractivity contribution is -0.131. The molecule has 0 bridgehead atoms. The summed E-state index contributed by atoms with van der Waals surface area (Å²) in [5.41, 5.74) is 4.58. The molecule has 7 heteroatoms. The van der Waals surface area contributed by atoms with E-state index in [-0.39, 0.29) is 6.61 Å². The summed E-state index contributed by atoms with van der Waals surface area (Å²) in [7, 11) is 0. The Bertz CT molecular complexity index is 1060. The van der Waals surface area contributed by atoms with Gasteiger partial charge in [0.25, 0.3) is 0 Å². The number of ether oxygens (including phenoxy) is 3. The molecule has 3 rings (SSSR count). The van der Waals surface area contributed by atoms with Crippen molar-refractivity contribution in [2.24, 2.45) is 0 Å². The van der Waals surface area contributed by atoms with Crippen molar-refractivity contribution in [1.29, 1.82) is 0 Å². The van der Waals surface area contributed by atoms with Crippen LogP contribution in [0.1, 0.15) is 40.8 Å². The van der Waals surface area contributed by atoms with Crippen molar-refractivity contribution in [3.63, 3.8) is 0 Å². The third kappa shape index (κ3) is 9.53. The zero-order valence-corrected chi connectivity index (χ0v) is 20.7. The normalized spacial score (nSPS) is 11.9. The van der Waals surface area contributed by atoms with Crippen molar-refractivity contribution in [1.82, 2.24) is 5.32 Å². The van der Waals surface area contributed by atoms with E-state index in [1.807, 2.05) is 30.3 Å². The second-order valence-electron chi connectivity index (χ2n) is 8.50. The fourth-order valence-corrected chi connectivity index (χ4v) is 3.65. The number of rotatable bonds is 15. The maximum Gasteiger partial charge on any atom is 0.308 e. The van der Waals surface area contributed by atoms with E-state index in [9.17, 15) is 15.0 Å². The Hall–Kier alpha value is -3.07. The van der Waals surface area contributed by atoms with Gasteiger partial charge in [-0.2, -0.15) is 0 Å². The van der Waals surface area contributed by atoms with Gasteiger partial charge in [-0.05, 0) is 47.4 Å². The Kier molecular flexibility index (Phi) is 11.6. The second-order valence-corrected chi connectivity index (χ2v) is 8.50. The summed E-state index contributed by atoms with van der Waals surface area (Å²) in [4.78, 5) is 11.2. The number of hydrogen-bond acceptors (Lipinski definition) is 7. The third-order valence-corrected chi connectivity index (χ3v) is 5.60. The van der Waals surface area contributed by atoms with Crippen molar-refractivity contribution >= 4 is 5.97 Å². The lowest BCUT2D eigenvalue weighted by Gasteiger charge is -2.15. The van der Waals surface area contributed by atoms with Crippen molar-refractivity contribution in [2.45, 2.75) is 39.3 Å². The van der Waals surface area contributed by atoms with Crippen LogP contribution in [-0.4, -0.2) is 42.5 Å². The molecule has 1 unspecified atom stereocenters. The number of aliphatic hydroxyl groups excluding tert-OH is 2. The van der Waals surface area contributed by atoms with Crippen molar-refractivity contribution in [2.75, 3.05) is 26.3 Å². The van der Waals surface area contributed by atoms with Crippen LogP contribution in [0.2, 0.25) is 0 Å². The first kappa shape index (κ1) is 27.5. The average molecular weight is 494 g/mol. The summed E-state index contributed by atoms with van der Waals surface area (Å²) in [5.74, 6) is -0.150. The third-order valence-electron chi connectivity index (χ3n) is 5.60. The van der Waals surface area contributed by atoms with Gasteiger partial charge in [0.1, 0.15) is 5.75 Å². The average Bonchev–Trinajstić information content (AvgIpc) is 2.89. The molecule has 7 nitrogen and oxygen atoms in total. The first-order valence-corrected chi connectivity index (χ1v) is 12.1. The molecule has 0 fully saturated rings. The molecule has 3 aromatic carbocycles. The highest BCUT2D eigenvalue weighted by Crippen LogP contribution is 2.24. The number of carbonyl (C=O) groups excluding carboxylic acids is 1. The molecule has 192 valence electrons. The zero-order valence-electron chi connectivity index (χ0n) is 20.7. The van der Waals surface area contributed by atoms with Gasteiger partial charge in [0.15, 0.2) is 0 Å². The van der Waals surface area contributed by atoms with Crippen molar-refractivity contribution < 1.29 is 29.2 Å². The molecular formula is C29H35NO6.